The normalized spacial score (nSPS) is 11.4. The predicted molar refractivity (Wildman–Crippen MR) is 88.1 cm³/mol. The van der Waals surface area contributed by atoms with Crippen molar-refractivity contribution in [1.29, 1.82) is 0 Å². The number of aryl methyl sites for hydroxylation is 2. The van der Waals surface area contributed by atoms with Crippen LogP contribution in [0.1, 0.15) is 11.1 Å². The molecule has 2 aromatic carbocycles. The van der Waals surface area contributed by atoms with E-state index in [0.717, 1.165) is 5.56 Å². The minimum Gasteiger partial charge on any atom is -0.492 e. The molecule has 0 unspecified atom stereocenters. The van der Waals surface area contributed by atoms with Gasteiger partial charge in [0.2, 0.25) is 10.0 Å². The van der Waals surface area contributed by atoms with Crippen molar-refractivity contribution in [3.63, 3.8) is 0 Å². The third-order valence-corrected chi connectivity index (χ3v) is 5.03. The predicted octanol–water partition coefficient (Wildman–Crippen LogP) is 3.31. The van der Waals surface area contributed by atoms with Crippen LogP contribution in [0.4, 0.5) is 0 Å². The molecule has 1 N–H and O–H groups in total. The Morgan fingerprint density at radius 1 is 1.09 bits per heavy atom. The van der Waals surface area contributed by atoms with Crippen molar-refractivity contribution in [3.05, 3.63) is 58.6 Å². The molecule has 0 fully saturated rings. The quantitative estimate of drug-likeness (QED) is 0.821. The van der Waals surface area contributed by atoms with Gasteiger partial charge in [0, 0.05) is 11.6 Å². The van der Waals surface area contributed by atoms with E-state index in [1.807, 2.05) is 6.92 Å². The fourth-order valence-corrected chi connectivity index (χ4v) is 3.53. The van der Waals surface area contributed by atoms with E-state index in [4.69, 9.17) is 16.3 Å². The number of hydrogen-bond acceptors (Lipinski definition) is 3. The first-order valence-electron chi connectivity index (χ1n) is 6.84. The van der Waals surface area contributed by atoms with Crippen molar-refractivity contribution >= 4 is 21.6 Å². The Morgan fingerprint density at radius 3 is 2.50 bits per heavy atom. The Balaban J connectivity index is 1.92. The van der Waals surface area contributed by atoms with E-state index in [0.29, 0.717) is 16.3 Å². The van der Waals surface area contributed by atoms with Crippen LogP contribution < -0.4 is 9.46 Å². The Bertz CT molecular complexity index is 760. The minimum absolute atomic E-state index is 0.193. The smallest absolute Gasteiger partial charge is 0.240 e. The fraction of sp³-hybridized carbons (Fsp3) is 0.250. The highest BCUT2D eigenvalue weighted by atomic mass is 35.5. The molecule has 0 saturated heterocycles. The zero-order valence-corrected chi connectivity index (χ0v) is 14.0. The number of sulfonamides is 1. The summed E-state index contributed by atoms with van der Waals surface area (Å²) < 4.78 is 32.5. The largest absolute Gasteiger partial charge is 0.492 e. The maximum absolute atomic E-state index is 12.2. The van der Waals surface area contributed by atoms with E-state index in [1.54, 1.807) is 49.4 Å². The van der Waals surface area contributed by atoms with Gasteiger partial charge >= 0.3 is 0 Å². The molecule has 0 spiro atoms. The lowest BCUT2D eigenvalue weighted by atomic mass is 10.2. The van der Waals surface area contributed by atoms with Crippen LogP contribution in [0, 0.1) is 13.8 Å². The zero-order valence-electron chi connectivity index (χ0n) is 12.5. The molecule has 2 rings (SSSR count). The van der Waals surface area contributed by atoms with Gasteiger partial charge in [0.05, 0.1) is 4.90 Å². The summed E-state index contributed by atoms with van der Waals surface area (Å²) in [6.45, 7) is 4.09. The van der Waals surface area contributed by atoms with E-state index in [2.05, 4.69) is 4.72 Å². The highest BCUT2D eigenvalue weighted by Gasteiger charge is 2.15. The van der Waals surface area contributed by atoms with Crippen LogP contribution in [0.2, 0.25) is 5.02 Å². The summed E-state index contributed by atoms with van der Waals surface area (Å²) >= 11 is 5.87. The van der Waals surface area contributed by atoms with Gasteiger partial charge in [0.25, 0.3) is 0 Å². The molecular formula is C16H18ClNO3S. The van der Waals surface area contributed by atoms with E-state index < -0.39 is 10.0 Å². The van der Waals surface area contributed by atoms with Gasteiger partial charge in [0.15, 0.2) is 0 Å². The van der Waals surface area contributed by atoms with Crippen LogP contribution in [-0.2, 0) is 10.0 Å². The first-order chi connectivity index (χ1) is 10.4. The third-order valence-electron chi connectivity index (χ3n) is 3.17. The topological polar surface area (TPSA) is 55.4 Å². The number of halogens is 1. The second-order valence-electron chi connectivity index (χ2n) is 4.92. The van der Waals surface area contributed by atoms with E-state index >= 15 is 0 Å². The highest BCUT2D eigenvalue weighted by Crippen LogP contribution is 2.21. The molecule has 0 saturated carbocycles. The number of benzene rings is 2. The van der Waals surface area contributed by atoms with Crippen molar-refractivity contribution in [2.45, 2.75) is 18.7 Å². The van der Waals surface area contributed by atoms with E-state index in [-0.39, 0.29) is 18.0 Å². The molecule has 0 heterocycles. The zero-order chi connectivity index (χ0) is 16.2. The Morgan fingerprint density at radius 2 is 1.82 bits per heavy atom. The van der Waals surface area contributed by atoms with Gasteiger partial charge in [-0.2, -0.15) is 0 Å². The van der Waals surface area contributed by atoms with E-state index in [1.165, 1.54) is 0 Å². The van der Waals surface area contributed by atoms with Gasteiger partial charge in [-0.05, 0) is 49.2 Å². The SMILES string of the molecule is Cc1cc(Cl)ccc1OCCNS(=O)(=O)c1ccccc1C. The Hall–Kier alpha value is -1.56. The van der Waals surface area contributed by atoms with Crippen molar-refractivity contribution < 1.29 is 13.2 Å². The highest BCUT2D eigenvalue weighted by molar-refractivity contribution is 7.89. The average Bonchev–Trinajstić information content (AvgIpc) is 2.45. The van der Waals surface area contributed by atoms with Crippen LogP contribution >= 0.6 is 11.6 Å². The average molecular weight is 340 g/mol. The molecule has 0 amide bonds. The molecule has 2 aromatic rings. The summed E-state index contributed by atoms with van der Waals surface area (Å²) in [6, 6.07) is 12.2. The van der Waals surface area contributed by atoms with Crippen LogP contribution in [-0.4, -0.2) is 21.6 Å². The minimum atomic E-state index is -3.51. The van der Waals surface area contributed by atoms with Gasteiger partial charge in [-0.1, -0.05) is 29.8 Å². The molecule has 4 nitrogen and oxygen atoms in total. The Labute approximate surface area is 136 Å². The van der Waals surface area contributed by atoms with Crippen LogP contribution in [0.3, 0.4) is 0 Å². The van der Waals surface area contributed by atoms with Crippen LogP contribution in [0.5, 0.6) is 5.75 Å². The van der Waals surface area contributed by atoms with Gasteiger partial charge in [-0.15, -0.1) is 0 Å². The summed E-state index contributed by atoms with van der Waals surface area (Å²) in [6.07, 6.45) is 0. The van der Waals surface area contributed by atoms with Crippen molar-refractivity contribution in [2.24, 2.45) is 0 Å². The van der Waals surface area contributed by atoms with Gasteiger partial charge in [-0.25, -0.2) is 13.1 Å². The molecule has 0 atom stereocenters. The molecule has 0 bridgehead atoms. The first-order valence-corrected chi connectivity index (χ1v) is 8.70. The van der Waals surface area contributed by atoms with E-state index in [9.17, 15) is 8.42 Å². The lowest BCUT2D eigenvalue weighted by Gasteiger charge is -2.11. The second kappa shape index (κ2) is 7.13. The van der Waals surface area contributed by atoms with Crippen LogP contribution in [0.15, 0.2) is 47.4 Å². The summed E-state index contributed by atoms with van der Waals surface area (Å²) in [4.78, 5) is 0.290. The fourth-order valence-electron chi connectivity index (χ4n) is 2.05. The molecule has 118 valence electrons. The number of ether oxygens (including phenoxy) is 1. The number of rotatable bonds is 6. The van der Waals surface area contributed by atoms with Crippen molar-refractivity contribution in [3.8, 4) is 5.75 Å². The third kappa shape index (κ3) is 4.22. The second-order valence-corrected chi connectivity index (χ2v) is 7.09. The number of nitrogens with one attached hydrogen (secondary N) is 1. The molecule has 0 aliphatic carbocycles. The summed E-state index contributed by atoms with van der Waals surface area (Å²) in [5.74, 6) is 0.694. The summed E-state index contributed by atoms with van der Waals surface area (Å²) in [5, 5.41) is 0.644. The van der Waals surface area contributed by atoms with Gasteiger partial charge in [0.1, 0.15) is 12.4 Å². The maximum atomic E-state index is 12.2. The van der Waals surface area contributed by atoms with Crippen molar-refractivity contribution in [1.82, 2.24) is 4.72 Å². The van der Waals surface area contributed by atoms with Gasteiger partial charge in [-0.3, -0.25) is 0 Å². The molecular weight excluding hydrogens is 322 g/mol. The van der Waals surface area contributed by atoms with Crippen molar-refractivity contribution in [2.75, 3.05) is 13.2 Å². The molecule has 0 radical (unpaired) electrons. The first kappa shape index (κ1) is 16.8. The lowest BCUT2D eigenvalue weighted by Crippen LogP contribution is -2.28. The lowest BCUT2D eigenvalue weighted by molar-refractivity contribution is 0.320. The maximum Gasteiger partial charge on any atom is 0.240 e. The Kier molecular flexibility index (Phi) is 5.45. The monoisotopic (exact) mass is 339 g/mol. The number of hydrogen-bond donors (Lipinski definition) is 1. The van der Waals surface area contributed by atoms with Crippen LogP contribution in [0.25, 0.3) is 0 Å². The molecule has 22 heavy (non-hydrogen) atoms. The van der Waals surface area contributed by atoms with Gasteiger partial charge < -0.3 is 4.74 Å². The summed E-state index contributed by atoms with van der Waals surface area (Å²) in [7, 11) is -3.51. The summed E-state index contributed by atoms with van der Waals surface area (Å²) in [5.41, 5.74) is 1.62. The standard InChI is InChI=1S/C16H18ClNO3S/c1-12-5-3-4-6-16(12)22(19,20)18-9-10-21-15-8-7-14(17)11-13(15)2/h3-8,11,18H,9-10H2,1-2H3. The molecule has 0 aromatic heterocycles. The molecule has 6 heteroatoms. The molecule has 0 aliphatic rings. The molecule has 0 aliphatic heterocycles.